The second-order valence-corrected chi connectivity index (χ2v) is 7.22. The largest absolute Gasteiger partial charge is 0.426 e. The van der Waals surface area contributed by atoms with Crippen LogP contribution in [0.1, 0.15) is 43.7 Å². The number of urea groups is 1. The van der Waals surface area contributed by atoms with Gasteiger partial charge in [0.15, 0.2) is 0 Å². The number of hydrogen-bond acceptors (Lipinski definition) is 3. The van der Waals surface area contributed by atoms with Gasteiger partial charge in [-0.1, -0.05) is 24.3 Å². The molecule has 0 radical (unpaired) electrons. The second kappa shape index (κ2) is 8.25. The van der Waals surface area contributed by atoms with Gasteiger partial charge in [0.05, 0.1) is 5.92 Å². The minimum Gasteiger partial charge on any atom is -0.426 e. The van der Waals surface area contributed by atoms with Crippen LogP contribution in [0.15, 0.2) is 48.5 Å². The van der Waals surface area contributed by atoms with Crippen molar-refractivity contribution in [2.75, 3.05) is 11.9 Å². The van der Waals surface area contributed by atoms with Crippen LogP contribution < -0.4 is 15.0 Å². The molecule has 0 spiro atoms. The highest BCUT2D eigenvalue weighted by molar-refractivity contribution is 5.91. The molecule has 0 saturated heterocycles. The van der Waals surface area contributed by atoms with Gasteiger partial charge in [0.1, 0.15) is 5.75 Å². The van der Waals surface area contributed by atoms with Crippen LogP contribution >= 0.6 is 0 Å². The summed E-state index contributed by atoms with van der Waals surface area (Å²) in [6.45, 7) is 3.83. The lowest BCUT2D eigenvalue weighted by Crippen LogP contribution is -2.40. The van der Waals surface area contributed by atoms with Crippen LogP contribution in [-0.4, -0.2) is 25.1 Å². The molecule has 5 heteroatoms. The van der Waals surface area contributed by atoms with E-state index in [-0.39, 0.29) is 24.0 Å². The quantitative estimate of drug-likeness (QED) is 0.649. The zero-order chi connectivity index (χ0) is 19.4. The van der Waals surface area contributed by atoms with Crippen LogP contribution in [0.25, 0.3) is 0 Å². The number of amides is 2. The maximum absolute atomic E-state index is 12.7. The fourth-order valence-corrected chi connectivity index (χ4v) is 3.38. The van der Waals surface area contributed by atoms with Gasteiger partial charge in [0.25, 0.3) is 0 Å². The summed E-state index contributed by atoms with van der Waals surface area (Å²) in [7, 11) is 1.71. The Morgan fingerprint density at radius 1 is 1.11 bits per heavy atom. The first-order valence-corrected chi connectivity index (χ1v) is 9.39. The minimum absolute atomic E-state index is 0.0681. The van der Waals surface area contributed by atoms with Gasteiger partial charge in [0.2, 0.25) is 0 Å². The van der Waals surface area contributed by atoms with Crippen LogP contribution in [0.3, 0.4) is 0 Å². The van der Waals surface area contributed by atoms with Gasteiger partial charge >= 0.3 is 12.0 Å². The summed E-state index contributed by atoms with van der Waals surface area (Å²) in [4.78, 5) is 26.3. The molecule has 0 aliphatic heterocycles. The number of nitrogens with one attached hydrogen (secondary N) is 1. The number of fused-ring (bicyclic) bond motifs is 1. The van der Waals surface area contributed by atoms with E-state index < -0.39 is 0 Å². The summed E-state index contributed by atoms with van der Waals surface area (Å²) in [5.41, 5.74) is 3.05. The summed E-state index contributed by atoms with van der Waals surface area (Å²) in [6.07, 6.45) is 2.82. The standard InChI is InChI=1S/C22H26N2O3/c1-15(2)23-22(26)24(3)17-11-13-18(14-12-17)27-21(25)20-10-6-8-16-7-4-5-9-19(16)20/h4-5,7,9,11-15,20H,6,8,10H2,1-3H3,(H,23,26). The molecule has 1 aliphatic carbocycles. The molecule has 2 aromatic carbocycles. The molecule has 0 fully saturated rings. The van der Waals surface area contributed by atoms with E-state index in [1.165, 1.54) is 10.5 Å². The zero-order valence-electron chi connectivity index (χ0n) is 16.1. The van der Waals surface area contributed by atoms with Crippen molar-refractivity contribution in [1.82, 2.24) is 5.32 Å². The van der Waals surface area contributed by atoms with E-state index in [0.29, 0.717) is 5.75 Å². The van der Waals surface area contributed by atoms with Crippen molar-refractivity contribution in [1.29, 1.82) is 0 Å². The molecular formula is C22H26N2O3. The molecule has 3 rings (SSSR count). The summed E-state index contributed by atoms with van der Waals surface area (Å²) < 4.78 is 5.61. The van der Waals surface area contributed by atoms with Crippen LogP contribution in [-0.2, 0) is 11.2 Å². The molecule has 0 bridgehead atoms. The molecule has 1 N–H and O–H groups in total. The highest BCUT2D eigenvalue weighted by atomic mass is 16.5. The van der Waals surface area contributed by atoms with E-state index in [1.54, 1.807) is 31.3 Å². The van der Waals surface area contributed by atoms with Crippen molar-refractivity contribution in [2.24, 2.45) is 0 Å². The molecule has 0 heterocycles. The molecule has 0 saturated carbocycles. The first kappa shape index (κ1) is 19.0. The molecule has 27 heavy (non-hydrogen) atoms. The van der Waals surface area contributed by atoms with Gasteiger partial charge in [-0.2, -0.15) is 0 Å². The highest BCUT2D eigenvalue weighted by Crippen LogP contribution is 2.33. The molecule has 142 valence electrons. The van der Waals surface area contributed by atoms with E-state index in [0.717, 1.165) is 30.5 Å². The lowest BCUT2D eigenvalue weighted by Gasteiger charge is -2.24. The maximum atomic E-state index is 12.7. The first-order valence-electron chi connectivity index (χ1n) is 9.39. The summed E-state index contributed by atoms with van der Waals surface area (Å²) >= 11 is 0. The third kappa shape index (κ3) is 4.48. The Bertz CT molecular complexity index is 815. The summed E-state index contributed by atoms with van der Waals surface area (Å²) in [5.74, 6) is 0.0550. The van der Waals surface area contributed by atoms with Crippen molar-refractivity contribution in [3.63, 3.8) is 0 Å². The predicted octanol–water partition coefficient (Wildman–Crippen LogP) is 4.27. The Kier molecular flexibility index (Phi) is 5.79. The van der Waals surface area contributed by atoms with Crippen LogP contribution in [0, 0.1) is 0 Å². The van der Waals surface area contributed by atoms with Crippen molar-refractivity contribution < 1.29 is 14.3 Å². The number of nitrogens with zero attached hydrogens (tertiary/aromatic N) is 1. The van der Waals surface area contributed by atoms with E-state index >= 15 is 0 Å². The van der Waals surface area contributed by atoms with Crippen molar-refractivity contribution in [3.05, 3.63) is 59.7 Å². The normalized spacial score (nSPS) is 15.8. The van der Waals surface area contributed by atoms with Gasteiger partial charge in [-0.3, -0.25) is 9.69 Å². The molecule has 1 aliphatic rings. The second-order valence-electron chi connectivity index (χ2n) is 7.22. The Hall–Kier alpha value is -2.82. The topological polar surface area (TPSA) is 58.6 Å². The summed E-state index contributed by atoms with van der Waals surface area (Å²) in [6, 6.07) is 15.0. The lowest BCUT2D eigenvalue weighted by molar-refractivity contribution is -0.136. The minimum atomic E-state index is -0.221. The maximum Gasteiger partial charge on any atom is 0.321 e. The average molecular weight is 366 g/mol. The number of esters is 1. The first-order chi connectivity index (χ1) is 13.0. The lowest BCUT2D eigenvalue weighted by atomic mass is 9.83. The number of rotatable bonds is 4. The molecule has 1 atom stereocenters. The smallest absolute Gasteiger partial charge is 0.321 e. The van der Waals surface area contributed by atoms with Crippen molar-refractivity contribution >= 4 is 17.7 Å². The van der Waals surface area contributed by atoms with Gasteiger partial charge in [-0.15, -0.1) is 0 Å². The van der Waals surface area contributed by atoms with Crippen LogP contribution in [0.4, 0.5) is 10.5 Å². The monoisotopic (exact) mass is 366 g/mol. The third-order valence-corrected chi connectivity index (χ3v) is 4.81. The molecule has 5 nitrogen and oxygen atoms in total. The van der Waals surface area contributed by atoms with E-state index in [2.05, 4.69) is 11.4 Å². The fourth-order valence-electron chi connectivity index (χ4n) is 3.38. The number of carbonyl (C=O) groups is 2. The number of aryl methyl sites for hydroxylation is 1. The van der Waals surface area contributed by atoms with Crippen molar-refractivity contribution in [3.8, 4) is 5.75 Å². The SMILES string of the molecule is CC(C)NC(=O)N(C)c1ccc(OC(=O)C2CCCc3ccccc32)cc1. The number of hydrogen-bond donors (Lipinski definition) is 1. The molecule has 2 amide bonds. The Morgan fingerprint density at radius 3 is 2.52 bits per heavy atom. The van der Waals surface area contributed by atoms with Gasteiger partial charge < -0.3 is 10.1 Å². The Morgan fingerprint density at radius 2 is 1.81 bits per heavy atom. The number of ether oxygens (including phenoxy) is 1. The highest BCUT2D eigenvalue weighted by Gasteiger charge is 2.27. The molecular weight excluding hydrogens is 340 g/mol. The number of anilines is 1. The van der Waals surface area contributed by atoms with E-state index in [9.17, 15) is 9.59 Å². The number of carbonyl (C=O) groups excluding carboxylic acids is 2. The molecule has 2 aromatic rings. The van der Waals surface area contributed by atoms with Gasteiger partial charge in [-0.25, -0.2) is 4.79 Å². The number of benzene rings is 2. The van der Waals surface area contributed by atoms with Gasteiger partial charge in [0, 0.05) is 18.8 Å². The van der Waals surface area contributed by atoms with Crippen molar-refractivity contribution in [2.45, 2.75) is 45.1 Å². The summed E-state index contributed by atoms with van der Waals surface area (Å²) in [5, 5.41) is 2.84. The average Bonchev–Trinajstić information content (AvgIpc) is 2.67. The zero-order valence-corrected chi connectivity index (χ0v) is 16.1. The van der Waals surface area contributed by atoms with E-state index in [1.807, 2.05) is 32.0 Å². The fraction of sp³-hybridized carbons (Fsp3) is 0.364. The molecule has 1 unspecified atom stereocenters. The van der Waals surface area contributed by atoms with Gasteiger partial charge in [-0.05, 0) is 68.5 Å². The Labute approximate surface area is 160 Å². The van der Waals surface area contributed by atoms with Crippen LogP contribution in [0.2, 0.25) is 0 Å². The predicted molar refractivity (Wildman–Crippen MR) is 106 cm³/mol. The molecule has 0 aromatic heterocycles. The van der Waals surface area contributed by atoms with Crippen LogP contribution in [0.5, 0.6) is 5.75 Å². The Balaban J connectivity index is 1.67. The third-order valence-electron chi connectivity index (χ3n) is 4.81. The van der Waals surface area contributed by atoms with E-state index in [4.69, 9.17) is 4.74 Å².